The van der Waals surface area contributed by atoms with E-state index >= 15 is 0 Å². The Bertz CT molecular complexity index is 760. The number of amides is 1. The summed E-state index contributed by atoms with van der Waals surface area (Å²) >= 11 is 1.69. The van der Waals surface area contributed by atoms with Gasteiger partial charge in [-0.1, -0.05) is 24.6 Å². The molecule has 0 aliphatic carbocycles. The minimum Gasteiger partial charge on any atom is -0.477 e. The van der Waals surface area contributed by atoms with Crippen LogP contribution in [-0.4, -0.2) is 42.0 Å². The van der Waals surface area contributed by atoms with E-state index in [2.05, 4.69) is 16.3 Å². The van der Waals surface area contributed by atoms with Crippen LogP contribution in [0.4, 0.5) is 5.69 Å². The molecule has 1 N–H and O–H groups in total. The number of hydrogen-bond donors (Lipinski definition) is 1. The van der Waals surface area contributed by atoms with Crippen LogP contribution in [0, 0.1) is 10.1 Å². The summed E-state index contributed by atoms with van der Waals surface area (Å²) in [6.07, 6.45) is 3.61. The largest absolute Gasteiger partial charge is 0.477 e. The number of piperidine rings is 1. The molecule has 1 aliphatic heterocycles. The maximum atomic E-state index is 12.2. The van der Waals surface area contributed by atoms with Gasteiger partial charge in [0.1, 0.15) is 0 Å². The standard InChI is InChI=1S/C19H23N3O4S/c23-19(14-26-17-8-3-2-7-15(17)22(24)25)20-13-16(18-9-6-12-27-18)21-10-4-1-5-11-21/h2-3,6-9,12,16H,1,4-5,10-11,13-14H2,(H,20,23)/t16-/m1/s1. The fraction of sp³-hybridized carbons (Fsp3) is 0.421. The molecule has 2 heterocycles. The minimum absolute atomic E-state index is 0.100. The van der Waals surface area contributed by atoms with E-state index in [0.717, 1.165) is 13.1 Å². The van der Waals surface area contributed by atoms with E-state index in [9.17, 15) is 14.9 Å². The van der Waals surface area contributed by atoms with Crippen molar-refractivity contribution in [1.29, 1.82) is 0 Å². The highest BCUT2D eigenvalue weighted by molar-refractivity contribution is 7.10. The molecule has 1 fully saturated rings. The van der Waals surface area contributed by atoms with Gasteiger partial charge in [0.25, 0.3) is 5.91 Å². The molecule has 27 heavy (non-hydrogen) atoms. The second-order valence-electron chi connectivity index (χ2n) is 6.45. The van der Waals surface area contributed by atoms with E-state index < -0.39 is 4.92 Å². The van der Waals surface area contributed by atoms with Crippen LogP contribution in [0.25, 0.3) is 0 Å². The Morgan fingerprint density at radius 2 is 2.00 bits per heavy atom. The Morgan fingerprint density at radius 3 is 2.70 bits per heavy atom. The van der Waals surface area contributed by atoms with Crippen LogP contribution in [-0.2, 0) is 4.79 Å². The number of carbonyl (C=O) groups excluding carboxylic acids is 1. The lowest BCUT2D eigenvalue weighted by Gasteiger charge is -2.34. The number of hydrogen-bond acceptors (Lipinski definition) is 6. The number of carbonyl (C=O) groups is 1. The second-order valence-corrected chi connectivity index (χ2v) is 7.42. The van der Waals surface area contributed by atoms with Crippen LogP contribution in [0.1, 0.15) is 30.2 Å². The Hall–Kier alpha value is -2.45. The summed E-state index contributed by atoms with van der Waals surface area (Å²) in [7, 11) is 0. The first-order valence-electron chi connectivity index (χ1n) is 9.05. The van der Waals surface area contributed by atoms with E-state index in [0.29, 0.717) is 6.54 Å². The van der Waals surface area contributed by atoms with Crippen molar-refractivity contribution < 1.29 is 14.5 Å². The number of ether oxygens (including phenoxy) is 1. The Morgan fingerprint density at radius 1 is 1.22 bits per heavy atom. The lowest BCUT2D eigenvalue weighted by molar-refractivity contribution is -0.385. The first-order chi connectivity index (χ1) is 13.1. The molecule has 1 saturated heterocycles. The summed E-state index contributed by atoms with van der Waals surface area (Å²) in [6, 6.07) is 10.3. The van der Waals surface area contributed by atoms with Gasteiger partial charge in [-0.25, -0.2) is 0 Å². The molecule has 1 amide bonds. The summed E-state index contributed by atoms with van der Waals surface area (Å²) in [4.78, 5) is 26.4. The molecular formula is C19H23N3O4S. The number of nitro benzene ring substituents is 1. The molecule has 3 rings (SSSR count). The van der Waals surface area contributed by atoms with Crippen LogP contribution >= 0.6 is 11.3 Å². The Labute approximate surface area is 162 Å². The topological polar surface area (TPSA) is 84.7 Å². The average molecular weight is 389 g/mol. The van der Waals surface area contributed by atoms with E-state index in [1.54, 1.807) is 23.5 Å². The monoisotopic (exact) mass is 389 g/mol. The van der Waals surface area contributed by atoms with Gasteiger partial charge < -0.3 is 10.1 Å². The highest BCUT2D eigenvalue weighted by Crippen LogP contribution is 2.28. The average Bonchev–Trinajstić information content (AvgIpc) is 3.22. The first-order valence-corrected chi connectivity index (χ1v) is 9.93. The van der Waals surface area contributed by atoms with Crippen LogP contribution in [0.2, 0.25) is 0 Å². The van der Waals surface area contributed by atoms with Crippen molar-refractivity contribution in [3.05, 3.63) is 56.8 Å². The lowest BCUT2D eigenvalue weighted by Crippen LogP contribution is -2.41. The number of likely N-dealkylation sites (tertiary alicyclic amines) is 1. The molecule has 0 saturated carbocycles. The smallest absolute Gasteiger partial charge is 0.310 e. The van der Waals surface area contributed by atoms with E-state index in [4.69, 9.17) is 4.74 Å². The number of benzene rings is 1. The maximum Gasteiger partial charge on any atom is 0.310 e. The van der Waals surface area contributed by atoms with Crippen molar-refractivity contribution in [3.8, 4) is 5.75 Å². The van der Waals surface area contributed by atoms with Crippen LogP contribution in [0.15, 0.2) is 41.8 Å². The molecule has 2 aromatic rings. The SMILES string of the molecule is O=C(COc1ccccc1[N+](=O)[O-])NC[C@H](c1cccs1)N1CCCCC1. The number of para-hydroxylation sites is 2. The molecule has 0 bridgehead atoms. The van der Waals surface area contributed by atoms with Gasteiger partial charge in [0, 0.05) is 17.5 Å². The highest BCUT2D eigenvalue weighted by atomic mass is 32.1. The zero-order chi connectivity index (χ0) is 19.1. The third kappa shape index (κ3) is 5.27. The van der Waals surface area contributed by atoms with Crippen LogP contribution in [0.3, 0.4) is 0 Å². The zero-order valence-corrected chi connectivity index (χ0v) is 15.8. The summed E-state index contributed by atoms with van der Waals surface area (Å²) in [5.41, 5.74) is -0.143. The van der Waals surface area contributed by atoms with Crippen LogP contribution in [0.5, 0.6) is 5.75 Å². The molecule has 7 nitrogen and oxygen atoms in total. The van der Waals surface area contributed by atoms with E-state index in [-0.39, 0.29) is 30.0 Å². The molecule has 144 valence electrons. The number of nitrogens with zero attached hydrogens (tertiary/aromatic N) is 2. The van der Waals surface area contributed by atoms with E-state index in [1.165, 1.54) is 36.3 Å². The predicted octanol–water partition coefficient (Wildman–Crippen LogP) is 3.38. The molecule has 0 unspecified atom stereocenters. The number of thiophene rings is 1. The van der Waals surface area contributed by atoms with Gasteiger partial charge >= 0.3 is 5.69 Å². The summed E-state index contributed by atoms with van der Waals surface area (Å²) < 4.78 is 5.36. The maximum absolute atomic E-state index is 12.2. The highest BCUT2D eigenvalue weighted by Gasteiger charge is 2.24. The summed E-state index contributed by atoms with van der Waals surface area (Å²) in [6.45, 7) is 2.32. The van der Waals surface area contributed by atoms with Crippen molar-refractivity contribution in [2.24, 2.45) is 0 Å². The Balaban J connectivity index is 1.56. The third-order valence-corrected chi connectivity index (χ3v) is 5.59. The lowest BCUT2D eigenvalue weighted by atomic mass is 10.1. The van der Waals surface area contributed by atoms with Gasteiger partial charge in [0.05, 0.1) is 11.0 Å². The normalized spacial score (nSPS) is 15.9. The third-order valence-electron chi connectivity index (χ3n) is 4.62. The van der Waals surface area contributed by atoms with Crippen molar-refractivity contribution in [3.63, 3.8) is 0 Å². The van der Waals surface area contributed by atoms with Crippen molar-refractivity contribution in [2.75, 3.05) is 26.2 Å². The first kappa shape index (κ1) is 19.3. The molecule has 1 aliphatic rings. The molecular weight excluding hydrogens is 366 g/mol. The molecule has 1 atom stereocenters. The second kappa shape index (κ2) is 9.48. The van der Waals surface area contributed by atoms with Gasteiger partial charge in [-0.2, -0.15) is 0 Å². The number of nitrogens with one attached hydrogen (secondary N) is 1. The summed E-state index contributed by atoms with van der Waals surface area (Å²) in [5, 5.41) is 16.0. The molecule has 8 heteroatoms. The quantitative estimate of drug-likeness (QED) is 0.553. The van der Waals surface area contributed by atoms with Gasteiger partial charge in [-0.15, -0.1) is 11.3 Å². The zero-order valence-electron chi connectivity index (χ0n) is 15.0. The molecule has 1 aromatic carbocycles. The van der Waals surface area contributed by atoms with Gasteiger partial charge in [-0.05, 0) is 43.4 Å². The number of nitro groups is 1. The van der Waals surface area contributed by atoms with E-state index in [1.807, 2.05) is 11.4 Å². The molecule has 1 aromatic heterocycles. The van der Waals surface area contributed by atoms with Crippen molar-refractivity contribution in [2.45, 2.75) is 25.3 Å². The van der Waals surface area contributed by atoms with Crippen molar-refractivity contribution >= 4 is 22.9 Å². The van der Waals surface area contributed by atoms with Gasteiger partial charge in [0.2, 0.25) is 0 Å². The predicted molar refractivity (Wildman–Crippen MR) is 104 cm³/mol. The minimum atomic E-state index is -0.517. The van der Waals surface area contributed by atoms with Crippen molar-refractivity contribution in [1.82, 2.24) is 10.2 Å². The Kier molecular flexibility index (Phi) is 6.78. The van der Waals surface area contributed by atoms with Gasteiger partial charge in [-0.3, -0.25) is 19.8 Å². The fourth-order valence-corrected chi connectivity index (χ4v) is 4.12. The molecule has 0 spiro atoms. The summed E-state index contributed by atoms with van der Waals surface area (Å²) in [5.74, 6) is -0.185. The fourth-order valence-electron chi connectivity index (χ4n) is 3.26. The number of rotatable bonds is 8. The van der Waals surface area contributed by atoms with Gasteiger partial charge in [0.15, 0.2) is 12.4 Å². The van der Waals surface area contributed by atoms with Crippen LogP contribution < -0.4 is 10.1 Å². The molecule has 0 radical (unpaired) electrons.